The standard InChI is InChI=1S/C16H13N5.3ClH.Cr/c1-2-6-12-11(5-1)18-15(19-12)9-17-10-16-20-13-7-3-4-8-14(13)21-16;;;;/h1-8H,9-10H2,(H-,18,19,20,21);3*1H;/q-2;;;;+3/p-3. The Balaban J connectivity index is 0.000000415. The van der Waals surface area contributed by atoms with E-state index in [0.29, 0.717) is 13.1 Å². The van der Waals surface area contributed by atoms with E-state index >= 15 is 0 Å². The van der Waals surface area contributed by atoms with Gasteiger partial charge in [0.25, 0.3) is 0 Å². The topological polar surface area (TPSA) is 69.8 Å². The Bertz CT molecular complexity index is 810. The summed E-state index contributed by atoms with van der Waals surface area (Å²) in [5, 5.41) is 4.48. The van der Waals surface area contributed by atoms with E-state index in [1.54, 1.807) is 0 Å². The zero-order chi connectivity index (χ0) is 17.6. The van der Waals surface area contributed by atoms with E-state index in [0.717, 1.165) is 33.7 Å². The Labute approximate surface area is 161 Å². The van der Waals surface area contributed by atoms with Gasteiger partial charge in [-0.1, -0.05) is 42.9 Å². The van der Waals surface area contributed by atoms with Gasteiger partial charge in [-0.3, -0.25) is 0 Å². The number of nitrogens with one attached hydrogen (secondary N) is 1. The molecule has 0 aliphatic carbocycles. The number of imidazole rings is 2. The molecule has 9 heteroatoms. The molecule has 5 nitrogen and oxygen atoms in total. The molecule has 4 rings (SSSR count). The van der Waals surface area contributed by atoms with Crippen LogP contribution in [-0.2, 0) is 24.5 Å². The maximum Gasteiger partial charge on any atom is 0.0885 e. The van der Waals surface area contributed by atoms with Crippen LogP contribution in [-0.4, -0.2) is 15.0 Å². The number of nitrogens with zero attached hydrogens (tertiary/aromatic N) is 4. The minimum absolute atomic E-state index is 0.506. The largest absolute Gasteiger partial charge is 0.653 e. The van der Waals surface area contributed by atoms with Crippen molar-refractivity contribution in [3.63, 3.8) is 0 Å². The molecule has 0 saturated heterocycles. The van der Waals surface area contributed by atoms with Crippen molar-refractivity contribution < 1.29 is 11.4 Å². The fraction of sp³-hybridized carbons (Fsp3) is 0.125. The van der Waals surface area contributed by atoms with E-state index in [1.807, 2.05) is 48.5 Å². The summed E-state index contributed by atoms with van der Waals surface area (Å²) in [6.45, 7) is 1.05. The zero-order valence-corrected chi connectivity index (χ0v) is 16.4. The van der Waals surface area contributed by atoms with Crippen LogP contribution in [0.4, 0.5) is 0 Å². The molecule has 0 fully saturated rings. The van der Waals surface area contributed by atoms with Gasteiger partial charge in [-0.05, 0) is 23.2 Å². The summed E-state index contributed by atoms with van der Waals surface area (Å²) < 4.78 is 0. The van der Waals surface area contributed by atoms with Gasteiger partial charge in [-0.25, -0.2) is 4.98 Å². The number of para-hydroxylation sites is 4. The van der Waals surface area contributed by atoms with Crippen LogP contribution < -0.4 is 4.98 Å². The van der Waals surface area contributed by atoms with Crippen molar-refractivity contribution in [3.05, 3.63) is 65.5 Å². The Morgan fingerprint density at radius 3 is 2.32 bits per heavy atom. The van der Waals surface area contributed by atoms with Gasteiger partial charge < -0.3 is 20.3 Å². The average molecular weight is 434 g/mol. The Hall–Kier alpha value is -1.26. The van der Waals surface area contributed by atoms with Crippen LogP contribution in [0, 0.1) is 0 Å². The number of benzene rings is 2. The predicted octanol–water partition coefficient (Wildman–Crippen LogP) is 5.21. The summed E-state index contributed by atoms with van der Waals surface area (Å²) in [5.74, 6) is 1.62. The van der Waals surface area contributed by atoms with Crippen LogP contribution in [0.15, 0.2) is 48.5 Å². The van der Waals surface area contributed by atoms with Gasteiger partial charge in [0, 0.05) is 0 Å². The number of aromatic nitrogens is 4. The van der Waals surface area contributed by atoms with Crippen molar-refractivity contribution >= 4 is 52.2 Å². The molecule has 0 spiro atoms. The maximum absolute atomic E-state index is 4.93. The van der Waals surface area contributed by atoms with Crippen molar-refractivity contribution in [2.24, 2.45) is 0 Å². The predicted molar refractivity (Wildman–Crippen MR) is 99.5 cm³/mol. The molecule has 0 bridgehead atoms. The average Bonchev–Trinajstić information content (AvgIpc) is 3.16. The summed E-state index contributed by atoms with van der Waals surface area (Å²) in [6, 6.07) is 15.8. The minimum Gasteiger partial charge on any atom is -0.653 e. The first-order valence-electron chi connectivity index (χ1n) is 7.30. The number of rotatable bonds is 4. The second-order valence-corrected chi connectivity index (χ2v) is 11.4. The Kier molecular flexibility index (Phi) is 6.60. The van der Waals surface area contributed by atoms with Gasteiger partial charge in [0.1, 0.15) is 0 Å². The maximum atomic E-state index is 4.93. The summed E-state index contributed by atoms with van der Waals surface area (Å²) in [5.41, 5.74) is 3.86. The van der Waals surface area contributed by atoms with Crippen LogP contribution in [0.25, 0.3) is 27.4 Å². The molecule has 131 valence electrons. The van der Waals surface area contributed by atoms with Gasteiger partial charge in [-0.15, -0.1) is 12.4 Å². The van der Waals surface area contributed by atoms with Crippen LogP contribution in [0.5, 0.6) is 0 Å². The van der Waals surface area contributed by atoms with E-state index in [4.69, 9.17) is 30.1 Å². The van der Waals surface area contributed by atoms with Gasteiger partial charge in [0.2, 0.25) is 0 Å². The first kappa shape index (κ1) is 18.5. The molecule has 0 unspecified atom stereocenters. The summed E-state index contributed by atoms with van der Waals surface area (Å²) in [4.78, 5) is 16.7. The summed E-state index contributed by atoms with van der Waals surface area (Å²) in [6.07, 6.45) is 0. The third-order valence-corrected chi connectivity index (χ3v) is 3.33. The molecular formula is C16H13Cl3CrN5-2. The quantitative estimate of drug-likeness (QED) is 0.480. The Morgan fingerprint density at radius 2 is 1.60 bits per heavy atom. The first-order chi connectivity index (χ1) is 12.1. The number of hydrogen-bond donors (Lipinski definition) is 1. The number of H-pyrrole nitrogens is 1. The van der Waals surface area contributed by atoms with Crippen LogP contribution in [0.3, 0.4) is 0 Å². The van der Waals surface area contributed by atoms with Crippen LogP contribution >= 0.6 is 30.1 Å². The molecule has 1 N–H and O–H groups in total. The number of halogens is 3. The third-order valence-electron chi connectivity index (χ3n) is 3.33. The molecule has 0 aliphatic rings. The fourth-order valence-electron chi connectivity index (χ4n) is 2.37. The molecule has 25 heavy (non-hydrogen) atoms. The number of fused-ring (bicyclic) bond motifs is 2. The number of aromatic amines is 1. The molecule has 0 saturated carbocycles. The van der Waals surface area contributed by atoms with Crippen LogP contribution in [0.2, 0.25) is 0 Å². The molecule has 4 aromatic rings. The monoisotopic (exact) mass is 432 g/mol. The zero-order valence-electron chi connectivity index (χ0n) is 12.9. The van der Waals surface area contributed by atoms with Crippen molar-refractivity contribution in [1.29, 1.82) is 0 Å². The molecule has 0 amide bonds. The molecule has 0 atom stereocenters. The minimum atomic E-state index is -1.62. The fourth-order valence-corrected chi connectivity index (χ4v) is 2.37. The van der Waals surface area contributed by atoms with Gasteiger partial charge in [0.05, 0.1) is 16.9 Å². The van der Waals surface area contributed by atoms with Gasteiger partial charge >= 0.3 is 41.5 Å². The number of hydrogen-bond acceptors (Lipinski definition) is 2. The van der Waals surface area contributed by atoms with Crippen molar-refractivity contribution in [2.75, 3.05) is 0 Å². The van der Waals surface area contributed by atoms with E-state index in [2.05, 4.69) is 25.3 Å². The van der Waals surface area contributed by atoms with Gasteiger partial charge in [-0.2, -0.15) is 0 Å². The van der Waals surface area contributed by atoms with Crippen molar-refractivity contribution in [2.45, 2.75) is 13.1 Å². The molecule has 0 aliphatic heterocycles. The molecule has 2 heterocycles. The second-order valence-electron chi connectivity index (χ2n) is 5.04. The smallest absolute Gasteiger partial charge is 0.0885 e. The van der Waals surface area contributed by atoms with E-state index in [9.17, 15) is 0 Å². The van der Waals surface area contributed by atoms with Crippen molar-refractivity contribution in [1.82, 2.24) is 19.9 Å². The van der Waals surface area contributed by atoms with Gasteiger partial charge in [0.15, 0.2) is 0 Å². The summed E-state index contributed by atoms with van der Waals surface area (Å²) >= 11 is -1.62. The SMILES string of the molecule is [Cl][Cr]([Cl])[Cl].c1ccc2[n-]c(C[N-]Cc3nc4ccccc4[nH]3)nc2c1. The van der Waals surface area contributed by atoms with E-state index in [1.165, 1.54) is 0 Å². The molecule has 2 aromatic heterocycles. The molecule has 2 aromatic carbocycles. The first-order valence-corrected chi connectivity index (χ1v) is 12.6. The van der Waals surface area contributed by atoms with E-state index in [-0.39, 0.29) is 0 Å². The third kappa shape index (κ3) is 5.36. The second kappa shape index (κ2) is 8.91. The van der Waals surface area contributed by atoms with Crippen molar-refractivity contribution in [3.8, 4) is 0 Å². The van der Waals surface area contributed by atoms with E-state index < -0.39 is 11.4 Å². The van der Waals surface area contributed by atoms with Crippen LogP contribution in [0.1, 0.15) is 11.6 Å². The Morgan fingerprint density at radius 1 is 0.920 bits per heavy atom. The summed E-state index contributed by atoms with van der Waals surface area (Å²) in [7, 11) is 14.8. The molecular weight excluding hydrogens is 421 g/mol. The molecule has 0 radical (unpaired) electrons. The normalized spacial score (nSPS) is 11.0.